The van der Waals surface area contributed by atoms with Gasteiger partial charge in [0.15, 0.2) is 0 Å². The van der Waals surface area contributed by atoms with Crippen LogP contribution in [0.3, 0.4) is 0 Å². The Morgan fingerprint density at radius 2 is 2.10 bits per heavy atom. The van der Waals surface area contributed by atoms with Crippen LogP contribution in [0, 0.1) is 5.41 Å². The number of carboxylic acids is 1. The van der Waals surface area contributed by atoms with Gasteiger partial charge in [0, 0.05) is 13.2 Å². The lowest BCUT2D eigenvalue weighted by molar-refractivity contribution is -0.144. The number of carbonyl (C=O) groups is 2. The van der Waals surface area contributed by atoms with Gasteiger partial charge in [0.25, 0.3) is 0 Å². The van der Waals surface area contributed by atoms with E-state index in [9.17, 15) is 14.7 Å². The molecular formula is C16H27NO4. The fraction of sp³-hybridized carbons (Fsp3) is 0.750. The monoisotopic (exact) mass is 297 g/mol. The summed E-state index contributed by atoms with van der Waals surface area (Å²) in [5.74, 6) is -1.11. The molecule has 1 unspecified atom stereocenters. The van der Waals surface area contributed by atoms with E-state index in [1.807, 2.05) is 6.92 Å². The first-order valence-corrected chi connectivity index (χ1v) is 7.78. The van der Waals surface area contributed by atoms with Gasteiger partial charge in [-0.1, -0.05) is 18.9 Å². The number of ether oxygens (including phenoxy) is 1. The summed E-state index contributed by atoms with van der Waals surface area (Å²) in [5, 5.41) is 11.9. The molecule has 21 heavy (non-hydrogen) atoms. The van der Waals surface area contributed by atoms with E-state index < -0.39 is 17.4 Å². The lowest BCUT2D eigenvalue weighted by Gasteiger charge is -2.29. The molecule has 0 bridgehead atoms. The highest BCUT2D eigenvalue weighted by Crippen LogP contribution is 2.41. The van der Waals surface area contributed by atoms with E-state index in [1.165, 1.54) is 0 Å². The second-order valence-corrected chi connectivity index (χ2v) is 5.66. The van der Waals surface area contributed by atoms with E-state index in [0.29, 0.717) is 32.5 Å². The van der Waals surface area contributed by atoms with Gasteiger partial charge in [-0.25, -0.2) is 4.79 Å². The molecule has 0 saturated heterocycles. The zero-order chi connectivity index (χ0) is 15.7. The molecular weight excluding hydrogens is 270 g/mol. The van der Waals surface area contributed by atoms with Gasteiger partial charge in [-0.05, 0) is 39.0 Å². The molecule has 120 valence electrons. The quantitative estimate of drug-likeness (QED) is 0.480. The van der Waals surface area contributed by atoms with Crippen molar-refractivity contribution in [2.24, 2.45) is 5.41 Å². The van der Waals surface area contributed by atoms with Crippen molar-refractivity contribution >= 4 is 11.9 Å². The SMILES string of the molecule is C=CCCC(NC(=O)C1(CCOCC)CCCC1)C(=O)O. The number of rotatable bonds is 10. The van der Waals surface area contributed by atoms with Crippen LogP contribution in [-0.2, 0) is 14.3 Å². The number of hydrogen-bond acceptors (Lipinski definition) is 3. The molecule has 0 aliphatic heterocycles. The first-order chi connectivity index (χ1) is 10.1. The number of allylic oxidation sites excluding steroid dienone is 1. The van der Waals surface area contributed by atoms with Gasteiger partial charge < -0.3 is 15.2 Å². The minimum Gasteiger partial charge on any atom is -0.480 e. The van der Waals surface area contributed by atoms with Crippen LogP contribution in [0.1, 0.15) is 51.9 Å². The van der Waals surface area contributed by atoms with Gasteiger partial charge in [0.1, 0.15) is 6.04 Å². The van der Waals surface area contributed by atoms with Gasteiger partial charge in [-0.3, -0.25) is 4.79 Å². The van der Waals surface area contributed by atoms with Crippen molar-refractivity contribution in [3.8, 4) is 0 Å². The maximum absolute atomic E-state index is 12.6. The van der Waals surface area contributed by atoms with Crippen LogP contribution in [0.5, 0.6) is 0 Å². The number of carboxylic acid groups (broad SMARTS) is 1. The third kappa shape index (κ3) is 5.16. The number of nitrogens with one attached hydrogen (secondary N) is 1. The first kappa shape index (κ1) is 17.7. The highest BCUT2D eigenvalue weighted by molar-refractivity contribution is 5.87. The number of amides is 1. The van der Waals surface area contributed by atoms with Gasteiger partial charge in [0.05, 0.1) is 5.41 Å². The minimum atomic E-state index is -0.983. The topological polar surface area (TPSA) is 75.6 Å². The summed E-state index contributed by atoms with van der Waals surface area (Å²) in [7, 11) is 0. The van der Waals surface area contributed by atoms with E-state index in [0.717, 1.165) is 25.7 Å². The van der Waals surface area contributed by atoms with E-state index in [2.05, 4.69) is 11.9 Å². The number of hydrogen-bond donors (Lipinski definition) is 2. The molecule has 0 aromatic rings. The summed E-state index contributed by atoms with van der Waals surface area (Å²) in [5.41, 5.74) is -0.447. The second-order valence-electron chi connectivity index (χ2n) is 5.66. The Bertz CT molecular complexity index is 361. The predicted octanol–water partition coefficient (Wildman–Crippen LogP) is 2.51. The van der Waals surface area contributed by atoms with Gasteiger partial charge in [-0.2, -0.15) is 0 Å². The molecule has 0 radical (unpaired) electrons. The molecule has 1 fully saturated rings. The summed E-state index contributed by atoms with van der Waals surface area (Å²) in [6.07, 6.45) is 6.96. The molecule has 1 saturated carbocycles. The molecule has 1 atom stereocenters. The zero-order valence-electron chi connectivity index (χ0n) is 12.9. The normalized spacial score (nSPS) is 18.1. The Balaban J connectivity index is 2.66. The summed E-state index contributed by atoms with van der Waals surface area (Å²) in [6.45, 7) is 6.70. The van der Waals surface area contributed by atoms with Crippen LogP contribution in [0.4, 0.5) is 0 Å². The standard InChI is InChI=1S/C16H27NO4/c1-3-5-8-13(14(18)19)17-15(20)16(9-6-7-10-16)11-12-21-4-2/h3,13H,1,4-12H2,2H3,(H,17,20)(H,18,19). The average Bonchev–Trinajstić information content (AvgIpc) is 2.93. The van der Waals surface area contributed by atoms with Crippen LogP contribution in [0.25, 0.3) is 0 Å². The lowest BCUT2D eigenvalue weighted by Crippen LogP contribution is -2.48. The first-order valence-electron chi connectivity index (χ1n) is 7.78. The minimum absolute atomic E-state index is 0.129. The summed E-state index contributed by atoms with van der Waals surface area (Å²) in [4.78, 5) is 23.8. The van der Waals surface area contributed by atoms with E-state index in [4.69, 9.17) is 4.74 Å². The van der Waals surface area contributed by atoms with Crippen molar-refractivity contribution in [1.29, 1.82) is 0 Å². The fourth-order valence-corrected chi connectivity index (χ4v) is 2.91. The van der Waals surface area contributed by atoms with Crippen LogP contribution in [0.2, 0.25) is 0 Å². The smallest absolute Gasteiger partial charge is 0.326 e. The second kappa shape index (κ2) is 8.82. The van der Waals surface area contributed by atoms with Crippen molar-refractivity contribution < 1.29 is 19.4 Å². The Hall–Kier alpha value is -1.36. The predicted molar refractivity (Wildman–Crippen MR) is 81.0 cm³/mol. The molecule has 5 nitrogen and oxygen atoms in total. The van der Waals surface area contributed by atoms with E-state index in [1.54, 1.807) is 6.08 Å². The molecule has 0 spiro atoms. The van der Waals surface area contributed by atoms with Crippen molar-refractivity contribution in [1.82, 2.24) is 5.32 Å². The molecule has 2 N–H and O–H groups in total. The average molecular weight is 297 g/mol. The van der Waals surface area contributed by atoms with Gasteiger partial charge in [0.2, 0.25) is 5.91 Å². The molecule has 1 rings (SSSR count). The third-order valence-corrected chi connectivity index (χ3v) is 4.23. The Kier molecular flexibility index (Phi) is 7.43. The zero-order valence-corrected chi connectivity index (χ0v) is 12.9. The Morgan fingerprint density at radius 3 is 2.62 bits per heavy atom. The van der Waals surface area contributed by atoms with Crippen LogP contribution >= 0.6 is 0 Å². The summed E-state index contributed by atoms with van der Waals surface area (Å²) in [6, 6.07) is -0.833. The number of aliphatic carboxylic acids is 1. The van der Waals surface area contributed by atoms with Crippen molar-refractivity contribution in [2.45, 2.75) is 57.9 Å². The summed E-state index contributed by atoms with van der Waals surface area (Å²) >= 11 is 0. The molecule has 0 heterocycles. The molecule has 5 heteroatoms. The maximum atomic E-state index is 12.6. The lowest BCUT2D eigenvalue weighted by atomic mass is 9.81. The molecule has 0 aromatic carbocycles. The largest absolute Gasteiger partial charge is 0.480 e. The molecule has 1 aliphatic rings. The van der Waals surface area contributed by atoms with Crippen molar-refractivity contribution in [3.63, 3.8) is 0 Å². The van der Waals surface area contributed by atoms with Crippen molar-refractivity contribution in [3.05, 3.63) is 12.7 Å². The fourth-order valence-electron chi connectivity index (χ4n) is 2.91. The summed E-state index contributed by atoms with van der Waals surface area (Å²) < 4.78 is 5.38. The third-order valence-electron chi connectivity index (χ3n) is 4.23. The molecule has 1 aliphatic carbocycles. The van der Waals surface area contributed by atoms with Gasteiger partial charge in [-0.15, -0.1) is 6.58 Å². The Labute approximate surface area is 126 Å². The molecule has 1 amide bonds. The van der Waals surface area contributed by atoms with Gasteiger partial charge >= 0.3 is 5.97 Å². The van der Waals surface area contributed by atoms with E-state index >= 15 is 0 Å². The highest BCUT2D eigenvalue weighted by Gasteiger charge is 2.41. The highest BCUT2D eigenvalue weighted by atomic mass is 16.5. The van der Waals surface area contributed by atoms with Crippen LogP contribution < -0.4 is 5.32 Å². The Morgan fingerprint density at radius 1 is 1.43 bits per heavy atom. The maximum Gasteiger partial charge on any atom is 0.326 e. The van der Waals surface area contributed by atoms with Crippen LogP contribution in [0.15, 0.2) is 12.7 Å². The van der Waals surface area contributed by atoms with E-state index in [-0.39, 0.29) is 5.91 Å². The molecule has 0 aromatic heterocycles. The van der Waals surface area contributed by atoms with Crippen LogP contribution in [-0.4, -0.2) is 36.2 Å². The van der Waals surface area contributed by atoms with Crippen molar-refractivity contribution in [2.75, 3.05) is 13.2 Å². The number of carbonyl (C=O) groups excluding carboxylic acids is 1.